The molecule has 0 radical (unpaired) electrons. The van der Waals surface area contributed by atoms with E-state index in [2.05, 4.69) is 36.1 Å². The van der Waals surface area contributed by atoms with Crippen LogP contribution < -0.4 is 10.6 Å². The maximum Gasteiger partial charge on any atom is 0.329 e. The maximum atomic E-state index is 14.9. The number of aliphatic hydroxyl groups excluding tert-OH is 1. The van der Waals surface area contributed by atoms with Crippen molar-refractivity contribution in [3.8, 4) is 11.3 Å². The van der Waals surface area contributed by atoms with Gasteiger partial charge in [-0.25, -0.2) is 14.2 Å². The van der Waals surface area contributed by atoms with Crippen LogP contribution in [-0.4, -0.2) is 108 Å². The molecule has 0 unspecified atom stereocenters. The molecule has 302 valence electrons. The van der Waals surface area contributed by atoms with Gasteiger partial charge >= 0.3 is 5.97 Å². The molecule has 2 bridgehead atoms. The van der Waals surface area contributed by atoms with E-state index in [0.29, 0.717) is 30.7 Å². The summed E-state index contributed by atoms with van der Waals surface area (Å²) in [5.74, 6) is -2.98. The molecule has 4 N–H and O–H groups in total. The van der Waals surface area contributed by atoms with Gasteiger partial charge in [0.15, 0.2) is 11.6 Å². The number of oxazole rings is 1. The number of ether oxygens (including phenoxy) is 1. The van der Waals surface area contributed by atoms with Gasteiger partial charge in [-0.05, 0) is 37.8 Å². The first kappa shape index (κ1) is 40.7. The molecule has 1 saturated heterocycles. The summed E-state index contributed by atoms with van der Waals surface area (Å²) >= 11 is 0. The number of benzene rings is 1. The van der Waals surface area contributed by atoms with Crippen LogP contribution in [0.15, 0.2) is 77.2 Å². The predicted molar refractivity (Wildman–Crippen MR) is 206 cm³/mol. The van der Waals surface area contributed by atoms with E-state index in [0.717, 1.165) is 22.7 Å². The molecule has 0 aliphatic carbocycles. The van der Waals surface area contributed by atoms with Gasteiger partial charge in [0.05, 0.1) is 37.0 Å². The molecular formula is C40H48FN9O7. The van der Waals surface area contributed by atoms with E-state index in [1.165, 1.54) is 17.1 Å². The van der Waals surface area contributed by atoms with Crippen LogP contribution in [0.1, 0.15) is 62.8 Å². The first-order valence-electron chi connectivity index (χ1n) is 19.1. The highest BCUT2D eigenvalue weighted by atomic mass is 19.1. The number of aromatic amines is 1. The second-order valence-corrected chi connectivity index (χ2v) is 14.7. The van der Waals surface area contributed by atoms with Crippen LogP contribution in [0.4, 0.5) is 4.39 Å². The number of H-pyrrole nitrogens is 1. The number of fused-ring (bicyclic) bond motifs is 4. The summed E-state index contributed by atoms with van der Waals surface area (Å²) in [6.07, 6.45) is 9.28. The molecule has 0 saturated carbocycles. The molecular weight excluding hydrogens is 737 g/mol. The molecule has 5 heterocycles. The number of rotatable bonds is 7. The van der Waals surface area contributed by atoms with Crippen molar-refractivity contribution in [2.24, 2.45) is 11.8 Å². The summed E-state index contributed by atoms with van der Waals surface area (Å²) in [6.45, 7) is 6.43. The number of hydrogen-bond donors (Lipinski definition) is 4. The Bertz CT molecular complexity index is 2140. The fourth-order valence-corrected chi connectivity index (χ4v) is 7.00. The average Bonchev–Trinajstić information content (AvgIpc) is 4.01. The lowest BCUT2D eigenvalue weighted by Crippen LogP contribution is -2.44. The number of halogens is 1. The van der Waals surface area contributed by atoms with Gasteiger partial charge in [-0.2, -0.15) is 5.10 Å². The van der Waals surface area contributed by atoms with Gasteiger partial charge < -0.3 is 29.8 Å². The predicted octanol–water partition coefficient (Wildman–Crippen LogP) is 3.62. The number of aliphatic hydroxyl groups is 1. The molecule has 2 aliphatic rings. The normalized spacial score (nSPS) is 25.0. The van der Waals surface area contributed by atoms with Crippen LogP contribution in [-0.2, 0) is 32.1 Å². The van der Waals surface area contributed by atoms with Crippen LogP contribution >= 0.6 is 0 Å². The lowest BCUT2D eigenvalue weighted by molar-refractivity contribution is -0.159. The third-order valence-electron chi connectivity index (χ3n) is 9.87. The zero-order chi connectivity index (χ0) is 40.5. The quantitative estimate of drug-likeness (QED) is 0.199. The standard InChI is InChI=1S/C40H48FN9O7/c1-24(2)38-27(18-36(53)43-13-15-49-22-32(47-48-49)26-8-9-28-21-44-46-31(28)17-26)10-11-35(52)42-12-4-6-25(3)16-30(51)19-29(41)20-37-45-33(23-56-37)39(54)50-14-5-7-34(50)40(55)57-38/h4,6,8-11,16-17,21-24,27,29-30,34,38,51H,5,7,12-15,18-20H2,1-3H3,(H,42,52)(H,43,53)(H,44,46)/b6-4+,11-10+,25-16+/t27-,29+,30+,34+,38+/m0/s1. The molecule has 3 amide bonds. The second kappa shape index (κ2) is 18.8. The molecule has 17 heteroatoms. The van der Waals surface area contributed by atoms with Crippen LogP contribution in [0.5, 0.6) is 0 Å². The van der Waals surface area contributed by atoms with Crippen LogP contribution in [0.25, 0.3) is 22.2 Å². The zero-order valence-corrected chi connectivity index (χ0v) is 32.1. The Morgan fingerprint density at radius 1 is 1.18 bits per heavy atom. The molecule has 0 spiro atoms. The molecule has 2 aliphatic heterocycles. The summed E-state index contributed by atoms with van der Waals surface area (Å²) in [4.78, 5) is 59.2. The van der Waals surface area contributed by atoms with Crippen molar-refractivity contribution in [1.82, 2.24) is 45.7 Å². The number of carbonyl (C=O) groups is 4. The summed E-state index contributed by atoms with van der Waals surface area (Å²) in [5, 5.41) is 32.5. The highest BCUT2D eigenvalue weighted by molar-refractivity contribution is 5.95. The SMILES string of the molecule is CC1=C\[C@@H](O)C[C@@H](F)Cc2nc(co2)C(=O)N2CCC[C@@H]2C(=O)O[C@H](C(C)C)[C@H](CC(=O)NCCn2cc(-c3ccc4cn[nH]c4c3)nn2)/C=C/C(=O)NC\C=C\1. The number of hydrogen-bond acceptors (Lipinski definition) is 11. The average molecular weight is 786 g/mol. The van der Waals surface area contributed by atoms with Gasteiger partial charge in [0.2, 0.25) is 11.8 Å². The van der Waals surface area contributed by atoms with Crippen molar-refractivity contribution in [3.05, 3.63) is 84.4 Å². The molecule has 1 fully saturated rings. The first-order chi connectivity index (χ1) is 27.4. The number of allylic oxidation sites excluding steroid dienone is 2. The number of nitrogens with one attached hydrogen (secondary N) is 3. The topological polar surface area (TPSA) is 210 Å². The van der Waals surface area contributed by atoms with Gasteiger partial charge in [-0.3, -0.25) is 24.2 Å². The van der Waals surface area contributed by atoms with E-state index in [9.17, 15) is 28.7 Å². The Labute approximate surface area is 328 Å². The van der Waals surface area contributed by atoms with Crippen molar-refractivity contribution in [3.63, 3.8) is 0 Å². The summed E-state index contributed by atoms with van der Waals surface area (Å²) < 4.78 is 28.0. The van der Waals surface area contributed by atoms with E-state index >= 15 is 0 Å². The van der Waals surface area contributed by atoms with Gasteiger partial charge in [0.1, 0.15) is 30.3 Å². The second-order valence-electron chi connectivity index (χ2n) is 14.7. The lowest BCUT2D eigenvalue weighted by Gasteiger charge is -2.30. The number of cyclic esters (lactones) is 1. The minimum atomic E-state index is -1.50. The Kier molecular flexibility index (Phi) is 13.4. The van der Waals surface area contributed by atoms with Crippen molar-refractivity contribution in [2.45, 2.75) is 83.8 Å². The fourth-order valence-electron chi connectivity index (χ4n) is 7.00. The Balaban J connectivity index is 1.16. The van der Waals surface area contributed by atoms with Crippen molar-refractivity contribution in [1.29, 1.82) is 0 Å². The molecule has 6 rings (SSSR count). The lowest BCUT2D eigenvalue weighted by atomic mass is 9.89. The molecule has 1 aromatic carbocycles. The van der Waals surface area contributed by atoms with E-state index in [4.69, 9.17) is 9.15 Å². The van der Waals surface area contributed by atoms with Gasteiger partial charge in [0.25, 0.3) is 5.91 Å². The Hall–Kier alpha value is -5.97. The number of amides is 3. The Morgan fingerprint density at radius 3 is 2.84 bits per heavy atom. The monoisotopic (exact) mass is 785 g/mol. The molecule has 3 aromatic heterocycles. The van der Waals surface area contributed by atoms with Gasteiger partial charge in [-0.15, -0.1) is 5.10 Å². The first-order valence-corrected chi connectivity index (χ1v) is 19.1. The van der Waals surface area contributed by atoms with Gasteiger partial charge in [-0.1, -0.05) is 61.1 Å². The smallest absolute Gasteiger partial charge is 0.329 e. The van der Waals surface area contributed by atoms with Crippen LogP contribution in [0.3, 0.4) is 0 Å². The number of nitrogens with zero attached hydrogens (tertiary/aromatic N) is 6. The third kappa shape index (κ3) is 10.9. The molecule has 57 heavy (non-hydrogen) atoms. The van der Waals surface area contributed by atoms with E-state index < -0.39 is 48.1 Å². The maximum absolute atomic E-state index is 14.9. The minimum absolute atomic E-state index is 0.00611. The number of alkyl halides is 1. The largest absolute Gasteiger partial charge is 0.460 e. The third-order valence-corrected chi connectivity index (χ3v) is 9.87. The Morgan fingerprint density at radius 2 is 2.02 bits per heavy atom. The fraction of sp³-hybridized carbons (Fsp3) is 0.450. The molecule has 16 nitrogen and oxygen atoms in total. The zero-order valence-electron chi connectivity index (χ0n) is 32.1. The van der Waals surface area contributed by atoms with E-state index in [1.807, 2.05) is 32.0 Å². The number of esters is 1. The van der Waals surface area contributed by atoms with Crippen LogP contribution in [0.2, 0.25) is 0 Å². The van der Waals surface area contributed by atoms with Crippen LogP contribution in [0, 0.1) is 11.8 Å². The molecule has 5 atom stereocenters. The number of carbonyl (C=O) groups excluding carboxylic acids is 4. The minimum Gasteiger partial charge on any atom is -0.460 e. The molecule has 4 aromatic rings. The summed E-state index contributed by atoms with van der Waals surface area (Å²) in [6, 6.07) is 4.88. The number of aromatic nitrogens is 6. The van der Waals surface area contributed by atoms with Gasteiger partial charge in [0, 0.05) is 49.3 Å². The van der Waals surface area contributed by atoms with Crippen molar-refractivity contribution in [2.75, 3.05) is 19.6 Å². The van der Waals surface area contributed by atoms with Crippen molar-refractivity contribution < 1.29 is 37.8 Å². The van der Waals surface area contributed by atoms with Crippen molar-refractivity contribution >= 4 is 34.6 Å². The van der Waals surface area contributed by atoms with E-state index in [-0.39, 0.29) is 62.3 Å². The summed E-state index contributed by atoms with van der Waals surface area (Å²) in [7, 11) is 0. The summed E-state index contributed by atoms with van der Waals surface area (Å²) in [5.41, 5.74) is 2.99. The van der Waals surface area contributed by atoms with E-state index in [1.54, 1.807) is 42.2 Å². The highest BCUT2D eigenvalue weighted by Crippen LogP contribution is 2.27. The highest BCUT2D eigenvalue weighted by Gasteiger charge is 2.39.